The molecule has 0 radical (unpaired) electrons. The average molecular weight is 590 g/mol. The molecule has 2 aromatic heterocycles. The Morgan fingerprint density at radius 1 is 1.22 bits per heavy atom. The van der Waals surface area contributed by atoms with E-state index in [1.807, 2.05) is 18.7 Å². The summed E-state index contributed by atoms with van der Waals surface area (Å²) in [6.07, 6.45) is 3.23. The standard InChI is InChI=1S/C26H35N7O7S/c1-5-7-19-21(17-27-3)30(4)24-23(19)28-25(29-26(24)34)20-16-18(8-9-22(20)39-6-2)41(37,38)32-12-10-31(11-13-32)14-15-40-33(35)36/h8-9,16-17H,5-7,10-15H2,1-4H3,(H,28,29,34). The molecule has 0 saturated carbocycles. The van der Waals surface area contributed by atoms with Crippen molar-refractivity contribution in [3.63, 3.8) is 0 Å². The first-order valence-electron chi connectivity index (χ1n) is 13.4. The van der Waals surface area contributed by atoms with E-state index in [4.69, 9.17) is 9.72 Å². The molecule has 1 aliphatic heterocycles. The predicted octanol–water partition coefficient (Wildman–Crippen LogP) is 1.84. The van der Waals surface area contributed by atoms with Gasteiger partial charge in [0.25, 0.3) is 10.6 Å². The van der Waals surface area contributed by atoms with Gasteiger partial charge in [-0.15, -0.1) is 10.1 Å². The highest BCUT2D eigenvalue weighted by atomic mass is 32.2. The zero-order valence-electron chi connectivity index (χ0n) is 23.6. The molecule has 15 heteroatoms. The van der Waals surface area contributed by atoms with E-state index in [2.05, 4.69) is 14.8 Å². The summed E-state index contributed by atoms with van der Waals surface area (Å²) in [4.78, 5) is 41.9. The van der Waals surface area contributed by atoms with Gasteiger partial charge in [0.1, 0.15) is 29.2 Å². The molecule has 1 fully saturated rings. The summed E-state index contributed by atoms with van der Waals surface area (Å²) in [7, 11) is -0.428. The fourth-order valence-corrected chi connectivity index (χ4v) is 6.52. The van der Waals surface area contributed by atoms with Crippen molar-refractivity contribution in [2.75, 3.05) is 53.0 Å². The molecule has 1 N–H and O–H groups in total. The molecule has 0 aliphatic carbocycles. The molecule has 222 valence electrons. The van der Waals surface area contributed by atoms with Crippen LogP contribution in [-0.4, -0.2) is 96.4 Å². The van der Waals surface area contributed by atoms with Gasteiger partial charge < -0.3 is 19.1 Å². The Morgan fingerprint density at radius 3 is 2.59 bits per heavy atom. The van der Waals surface area contributed by atoms with E-state index in [1.54, 1.807) is 30.9 Å². The third-order valence-electron chi connectivity index (χ3n) is 7.02. The summed E-state index contributed by atoms with van der Waals surface area (Å²) in [5.74, 6) is 0.606. The second-order valence-electron chi connectivity index (χ2n) is 9.57. The Bertz CT molecular complexity index is 1610. The van der Waals surface area contributed by atoms with Gasteiger partial charge in [-0.05, 0) is 31.5 Å². The van der Waals surface area contributed by atoms with Crippen molar-refractivity contribution in [3.05, 3.63) is 49.9 Å². The third-order valence-corrected chi connectivity index (χ3v) is 8.91. The number of aryl methyl sites for hydroxylation is 2. The molecule has 3 heterocycles. The van der Waals surface area contributed by atoms with Crippen LogP contribution in [0.5, 0.6) is 5.75 Å². The van der Waals surface area contributed by atoms with Crippen LogP contribution in [0.4, 0.5) is 0 Å². The summed E-state index contributed by atoms with van der Waals surface area (Å²) in [6, 6.07) is 4.55. The van der Waals surface area contributed by atoms with Gasteiger partial charge in [-0.2, -0.15) is 4.31 Å². The Morgan fingerprint density at radius 2 is 1.95 bits per heavy atom. The Labute approximate surface area is 237 Å². The maximum Gasteiger partial charge on any atom is 0.294 e. The van der Waals surface area contributed by atoms with Gasteiger partial charge in [-0.3, -0.25) is 14.7 Å². The molecule has 0 amide bonds. The SMILES string of the molecule is CCCc1c(C=NC)n(C)c2c(=O)[nH]c(-c3cc(S(=O)(=O)N4CCN(CCO[N+](=O)[O-])CC4)ccc3OCC)nc12. The van der Waals surface area contributed by atoms with Crippen molar-refractivity contribution in [2.45, 2.75) is 31.6 Å². The summed E-state index contributed by atoms with van der Waals surface area (Å²) in [5.41, 5.74) is 2.65. The number of hydrogen-bond donors (Lipinski definition) is 1. The lowest BCUT2D eigenvalue weighted by molar-refractivity contribution is -0.757. The maximum absolute atomic E-state index is 13.6. The number of ether oxygens (including phenoxy) is 1. The van der Waals surface area contributed by atoms with Crippen LogP contribution in [0.2, 0.25) is 0 Å². The lowest BCUT2D eigenvalue weighted by Crippen LogP contribution is -2.49. The predicted molar refractivity (Wildman–Crippen MR) is 154 cm³/mol. The first-order valence-corrected chi connectivity index (χ1v) is 14.9. The number of nitrogens with one attached hydrogen (secondary N) is 1. The maximum atomic E-state index is 13.6. The van der Waals surface area contributed by atoms with Crippen LogP contribution < -0.4 is 10.3 Å². The van der Waals surface area contributed by atoms with Gasteiger partial charge in [0, 0.05) is 58.6 Å². The van der Waals surface area contributed by atoms with Crippen LogP contribution in [-0.2, 0) is 28.3 Å². The molecule has 1 aromatic carbocycles. The molecule has 0 bridgehead atoms. The summed E-state index contributed by atoms with van der Waals surface area (Å²) in [6.45, 7) is 5.70. The second kappa shape index (κ2) is 12.8. The minimum Gasteiger partial charge on any atom is -0.493 e. The lowest BCUT2D eigenvalue weighted by atomic mass is 10.1. The molecule has 4 rings (SSSR count). The van der Waals surface area contributed by atoms with Gasteiger partial charge in [0.05, 0.1) is 22.8 Å². The van der Waals surface area contributed by atoms with Crippen LogP contribution in [0.1, 0.15) is 31.5 Å². The highest BCUT2D eigenvalue weighted by Crippen LogP contribution is 2.33. The third kappa shape index (κ3) is 6.26. The fourth-order valence-electron chi connectivity index (χ4n) is 5.07. The van der Waals surface area contributed by atoms with Gasteiger partial charge in [0.2, 0.25) is 10.0 Å². The number of benzene rings is 1. The Kier molecular flexibility index (Phi) is 9.40. The molecule has 0 spiro atoms. The van der Waals surface area contributed by atoms with E-state index >= 15 is 0 Å². The molecular weight excluding hydrogens is 554 g/mol. The fraction of sp³-hybridized carbons (Fsp3) is 0.500. The van der Waals surface area contributed by atoms with Gasteiger partial charge in [-0.1, -0.05) is 13.3 Å². The van der Waals surface area contributed by atoms with Crippen LogP contribution in [0, 0.1) is 10.1 Å². The van der Waals surface area contributed by atoms with E-state index < -0.39 is 15.1 Å². The molecule has 0 unspecified atom stereocenters. The number of aromatic nitrogens is 3. The number of rotatable bonds is 12. The van der Waals surface area contributed by atoms with Crippen molar-refractivity contribution in [3.8, 4) is 17.1 Å². The zero-order valence-corrected chi connectivity index (χ0v) is 24.4. The minimum absolute atomic E-state index is 0.0458. The first kappa shape index (κ1) is 30.1. The van der Waals surface area contributed by atoms with Crippen LogP contribution in [0.25, 0.3) is 22.4 Å². The van der Waals surface area contributed by atoms with Gasteiger partial charge in [0.15, 0.2) is 0 Å². The molecule has 41 heavy (non-hydrogen) atoms. The van der Waals surface area contributed by atoms with Crippen molar-refractivity contribution in [1.82, 2.24) is 23.7 Å². The van der Waals surface area contributed by atoms with E-state index in [0.717, 1.165) is 17.7 Å². The summed E-state index contributed by atoms with van der Waals surface area (Å²) in [5, 5.41) is 9.54. The highest BCUT2D eigenvalue weighted by molar-refractivity contribution is 7.89. The number of piperazine rings is 1. The van der Waals surface area contributed by atoms with Crippen molar-refractivity contribution in [2.24, 2.45) is 12.0 Å². The van der Waals surface area contributed by atoms with E-state index in [9.17, 15) is 23.3 Å². The highest BCUT2D eigenvalue weighted by Gasteiger charge is 2.30. The van der Waals surface area contributed by atoms with Crippen LogP contribution in [0.3, 0.4) is 0 Å². The summed E-state index contributed by atoms with van der Waals surface area (Å²) < 4.78 is 36.2. The average Bonchev–Trinajstić information content (AvgIpc) is 3.20. The molecule has 14 nitrogen and oxygen atoms in total. The lowest BCUT2D eigenvalue weighted by Gasteiger charge is -2.33. The number of fused-ring (bicyclic) bond motifs is 1. The monoisotopic (exact) mass is 589 g/mol. The second-order valence-corrected chi connectivity index (χ2v) is 11.5. The molecule has 1 saturated heterocycles. The van der Waals surface area contributed by atoms with Crippen LogP contribution in [0.15, 0.2) is 32.9 Å². The van der Waals surface area contributed by atoms with Gasteiger partial charge in [-0.25, -0.2) is 13.4 Å². The number of aromatic amines is 1. The van der Waals surface area contributed by atoms with E-state index in [0.29, 0.717) is 55.0 Å². The number of H-pyrrole nitrogens is 1. The zero-order chi connectivity index (χ0) is 29.7. The number of hydrogen-bond acceptors (Lipinski definition) is 10. The smallest absolute Gasteiger partial charge is 0.294 e. The van der Waals surface area contributed by atoms with Crippen molar-refractivity contribution in [1.29, 1.82) is 0 Å². The topological polar surface area (TPSA) is 165 Å². The quantitative estimate of drug-likeness (QED) is 0.188. The first-order chi connectivity index (χ1) is 19.6. The molecule has 3 aromatic rings. The molecule has 1 aliphatic rings. The Hall–Kier alpha value is -3.82. The van der Waals surface area contributed by atoms with E-state index in [1.165, 1.54) is 16.4 Å². The normalized spacial score (nSPS) is 15.1. The Balaban J connectivity index is 1.72. The van der Waals surface area contributed by atoms with Crippen LogP contribution >= 0.6 is 0 Å². The molecular formula is C26H35N7O7S. The number of nitrogens with zero attached hydrogens (tertiary/aromatic N) is 6. The number of aliphatic imine (C=N–C) groups is 1. The van der Waals surface area contributed by atoms with E-state index in [-0.39, 0.29) is 36.0 Å². The minimum atomic E-state index is -3.89. The van der Waals surface area contributed by atoms with Crippen molar-refractivity contribution >= 4 is 27.3 Å². The molecule has 0 atom stereocenters. The van der Waals surface area contributed by atoms with Crippen molar-refractivity contribution < 1.29 is 23.1 Å². The largest absolute Gasteiger partial charge is 0.493 e. The van der Waals surface area contributed by atoms with Gasteiger partial charge >= 0.3 is 0 Å². The number of sulfonamides is 1. The summed E-state index contributed by atoms with van der Waals surface area (Å²) >= 11 is 0.